The maximum absolute atomic E-state index is 10.6. The lowest BCUT2D eigenvalue weighted by molar-refractivity contribution is -0.138. The van der Waals surface area contributed by atoms with E-state index in [1.54, 1.807) is 0 Å². The summed E-state index contributed by atoms with van der Waals surface area (Å²) in [5.41, 5.74) is 5.68. The van der Waals surface area contributed by atoms with Crippen LogP contribution in [0.3, 0.4) is 0 Å². The summed E-state index contributed by atoms with van der Waals surface area (Å²) in [6.07, 6.45) is 1.30. The highest BCUT2D eigenvalue weighted by Gasteiger charge is 2.18. The fourth-order valence-corrected chi connectivity index (χ4v) is 1.14. The molecule has 5 nitrogen and oxygen atoms in total. The van der Waals surface area contributed by atoms with E-state index in [2.05, 4.69) is 4.98 Å². The molecule has 0 aromatic carbocycles. The molecule has 0 amide bonds. The molecule has 76 valence electrons. The van der Waals surface area contributed by atoms with E-state index < -0.39 is 12.0 Å². The van der Waals surface area contributed by atoms with E-state index in [0.29, 0.717) is 0 Å². The quantitative estimate of drug-likeness (QED) is 0.782. The number of pyridine rings is 1. The molecular formula is C8H9ClN2O3. The SMILES string of the molecule is COc1cc(C(N)C(=O)O)c(Cl)cn1. The van der Waals surface area contributed by atoms with Crippen LogP contribution in [0.25, 0.3) is 0 Å². The van der Waals surface area contributed by atoms with Crippen molar-refractivity contribution in [3.63, 3.8) is 0 Å². The van der Waals surface area contributed by atoms with Gasteiger partial charge in [0.1, 0.15) is 6.04 Å². The van der Waals surface area contributed by atoms with Gasteiger partial charge in [-0.25, -0.2) is 4.98 Å². The van der Waals surface area contributed by atoms with Crippen molar-refractivity contribution < 1.29 is 14.6 Å². The zero-order valence-corrected chi connectivity index (χ0v) is 8.15. The molecule has 1 rings (SSSR count). The van der Waals surface area contributed by atoms with Crippen LogP contribution in [0.1, 0.15) is 11.6 Å². The number of halogens is 1. The Kier molecular flexibility index (Phi) is 3.27. The number of nitrogens with zero attached hydrogens (tertiary/aromatic N) is 1. The predicted molar refractivity (Wildman–Crippen MR) is 50.4 cm³/mol. The lowest BCUT2D eigenvalue weighted by Crippen LogP contribution is -2.21. The second kappa shape index (κ2) is 4.26. The molecule has 1 heterocycles. The molecule has 0 aliphatic carbocycles. The molecule has 14 heavy (non-hydrogen) atoms. The first-order valence-corrected chi connectivity index (χ1v) is 4.12. The van der Waals surface area contributed by atoms with Gasteiger partial charge in [0.25, 0.3) is 0 Å². The minimum Gasteiger partial charge on any atom is -0.481 e. The highest BCUT2D eigenvalue weighted by atomic mass is 35.5. The molecule has 1 atom stereocenters. The summed E-state index contributed by atoms with van der Waals surface area (Å²) in [6.45, 7) is 0. The number of carboxylic acid groups (broad SMARTS) is 1. The van der Waals surface area contributed by atoms with Crippen molar-refractivity contribution in [3.8, 4) is 5.88 Å². The first-order valence-electron chi connectivity index (χ1n) is 3.74. The number of rotatable bonds is 3. The standard InChI is InChI=1S/C8H9ClN2O3/c1-14-6-2-4(5(9)3-11-6)7(10)8(12)13/h2-3,7H,10H2,1H3,(H,12,13). The number of carboxylic acids is 1. The maximum Gasteiger partial charge on any atom is 0.325 e. The zero-order valence-electron chi connectivity index (χ0n) is 7.40. The molecule has 0 bridgehead atoms. The third kappa shape index (κ3) is 2.12. The minimum absolute atomic E-state index is 0.209. The van der Waals surface area contributed by atoms with Gasteiger partial charge in [0.2, 0.25) is 5.88 Å². The van der Waals surface area contributed by atoms with Crippen LogP contribution >= 0.6 is 11.6 Å². The van der Waals surface area contributed by atoms with Gasteiger partial charge in [-0.1, -0.05) is 11.6 Å². The van der Waals surface area contributed by atoms with E-state index in [0.717, 1.165) is 0 Å². The van der Waals surface area contributed by atoms with Gasteiger partial charge in [-0.15, -0.1) is 0 Å². The summed E-state index contributed by atoms with van der Waals surface area (Å²) in [4.78, 5) is 14.4. The third-order valence-electron chi connectivity index (χ3n) is 1.67. The summed E-state index contributed by atoms with van der Waals surface area (Å²) in [7, 11) is 1.42. The number of hydrogen-bond donors (Lipinski definition) is 2. The Morgan fingerprint density at radius 3 is 2.93 bits per heavy atom. The van der Waals surface area contributed by atoms with Crippen molar-refractivity contribution in [2.24, 2.45) is 5.73 Å². The maximum atomic E-state index is 10.6. The van der Waals surface area contributed by atoms with Gasteiger partial charge >= 0.3 is 5.97 Å². The molecule has 1 aromatic rings. The van der Waals surface area contributed by atoms with Crippen LogP contribution in [-0.2, 0) is 4.79 Å². The fraction of sp³-hybridized carbons (Fsp3) is 0.250. The molecule has 1 unspecified atom stereocenters. The Bertz CT molecular complexity index is 356. The summed E-state index contributed by atoms with van der Waals surface area (Å²) in [5.74, 6) is -0.874. The van der Waals surface area contributed by atoms with E-state index in [1.807, 2.05) is 0 Å². The Hall–Kier alpha value is -1.33. The second-order valence-electron chi connectivity index (χ2n) is 2.56. The first-order chi connectivity index (χ1) is 6.56. The van der Waals surface area contributed by atoms with Gasteiger partial charge in [0.05, 0.1) is 12.1 Å². The summed E-state index contributed by atoms with van der Waals surface area (Å²) in [6, 6.07) is 0.237. The van der Waals surface area contributed by atoms with E-state index in [4.69, 9.17) is 27.2 Å². The van der Waals surface area contributed by atoms with Gasteiger partial charge in [0.15, 0.2) is 0 Å². The number of aromatic nitrogens is 1. The Labute approximate surface area is 85.5 Å². The van der Waals surface area contributed by atoms with Gasteiger partial charge in [0, 0.05) is 17.8 Å². The molecule has 6 heteroatoms. The average Bonchev–Trinajstić information content (AvgIpc) is 2.17. The van der Waals surface area contributed by atoms with Crippen LogP contribution in [0.5, 0.6) is 5.88 Å². The summed E-state index contributed by atoms with van der Waals surface area (Å²) < 4.78 is 4.82. The normalized spacial score (nSPS) is 12.2. The highest BCUT2D eigenvalue weighted by Crippen LogP contribution is 2.24. The van der Waals surface area contributed by atoms with Gasteiger partial charge in [-0.2, -0.15) is 0 Å². The largest absolute Gasteiger partial charge is 0.481 e. The Morgan fingerprint density at radius 2 is 2.43 bits per heavy atom. The van der Waals surface area contributed by atoms with E-state index in [1.165, 1.54) is 19.4 Å². The van der Waals surface area contributed by atoms with Gasteiger partial charge < -0.3 is 15.6 Å². The molecule has 0 aliphatic heterocycles. The number of hydrogen-bond acceptors (Lipinski definition) is 4. The third-order valence-corrected chi connectivity index (χ3v) is 1.99. The van der Waals surface area contributed by atoms with E-state index in [9.17, 15) is 4.79 Å². The van der Waals surface area contributed by atoms with Crippen LogP contribution in [0.4, 0.5) is 0 Å². The smallest absolute Gasteiger partial charge is 0.325 e. The molecule has 0 spiro atoms. The minimum atomic E-state index is -1.17. The molecule has 0 aliphatic rings. The van der Waals surface area contributed by atoms with Crippen molar-refractivity contribution in [2.45, 2.75) is 6.04 Å². The van der Waals surface area contributed by atoms with Gasteiger partial charge in [-0.05, 0) is 0 Å². The van der Waals surface area contributed by atoms with Gasteiger partial charge in [-0.3, -0.25) is 4.79 Å². The zero-order chi connectivity index (χ0) is 10.7. The van der Waals surface area contributed by atoms with Crippen LogP contribution in [0.15, 0.2) is 12.3 Å². The summed E-state index contributed by atoms with van der Waals surface area (Å²) >= 11 is 5.73. The predicted octanol–water partition coefficient (Wildman–Crippen LogP) is 0.828. The van der Waals surface area contributed by atoms with Crippen molar-refractivity contribution in [3.05, 3.63) is 22.8 Å². The van der Waals surface area contributed by atoms with Crippen molar-refractivity contribution >= 4 is 17.6 Å². The molecule has 0 radical (unpaired) electrons. The van der Waals surface area contributed by atoms with Crippen molar-refractivity contribution in [2.75, 3.05) is 7.11 Å². The average molecular weight is 217 g/mol. The monoisotopic (exact) mass is 216 g/mol. The second-order valence-corrected chi connectivity index (χ2v) is 2.97. The summed E-state index contributed by atoms with van der Waals surface area (Å²) in [5, 5.41) is 8.89. The molecule has 0 saturated heterocycles. The first kappa shape index (κ1) is 10.7. The fourth-order valence-electron chi connectivity index (χ4n) is 0.917. The molecular weight excluding hydrogens is 208 g/mol. The molecule has 1 aromatic heterocycles. The lowest BCUT2D eigenvalue weighted by Gasteiger charge is -2.09. The molecule has 0 saturated carbocycles. The van der Waals surface area contributed by atoms with Crippen molar-refractivity contribution in [1.29, 1.82) is 0 Å². The Morgan fingerprint density at radius 1 is 1.79 bits per heavy atom. The number of methoxy groups -OCH3 is 1. The van der Waals surface area contributed by atoms with Crippen LogP contribution in [0, 0.1) is 0 Å². The molecule has 3 N–H and O–H groups in total. The van der Waals surface area contributed by atoms with Crippen LogP contribution in [-0.4, -0.2) is 23.2 Å². The number of nitrogens with two attached hydrogens (primary N) is 1. The number of ether oxygens (including phenoxy) is 1. The molecule has 0 fully saturated rings. The highest BCUT2D eigenvalue weighted by molar-refractivity contribution is 6.31. The number of aliphatic carboxylic acids is 1. The lowest BCUT2D eigenvalue weighted by atomic mass is 10.1. The van der Waals surface area contributed by atoms with E-state index >= 15 is 0 Å². The van der Waals surface area contributed by atoms with Crippen LogP contribution < -0.4 is 10.5 Å². The topological polar surface area (TPSA) is 85.4 Å². The van der Waals surface area contributed by atoms with Crippen molar-refractivity contribution in [1.82, 2.24) is 4.98 Å². The van der Waals surface area contributed by atoms with Crippen LogP contribution in [0.2, 0.25) is 5.02 Å². The number of carbonyl (C=O) groups is 1. The Balaban J connectivity index is 3.11. The van der Waals surface area contributed by atoms with E-state index in [-0.39, 0.29) is 16.5 Å².